The van der Waals surface area contributed by atoms with E-state index in [0.717, 1.165) is 37.8 Å². The molecule has 0 bridgehead atoms. The summed E-state index contributed by atoms with van der Waals surface area (Å²) in [4.78, 5) is 7.04. The van der Waals surface area contributed by atoms with Crippen LogP contribution in [0.25, 0.3) is 10.9 Å². The molecule has 0 aliphatic heterocycles. The van der Waals surface area contributed by atoms with Gasteiger partial charge in [0.25, 0.3) is 0 Å². The van der Waals surface area contributed by atoms with Crippen LogP contribution in [0.1, 0.15) is 31.5 Å². The first kappa shape index (κ1) is 14.0. The van der Waals surface area contributed by atoms with Gasteiger partial charge in [-0.05, 0) is 31.0 Å². The third-order valence-electron chi connectivity index (χ3n) is 3.61. The second-order valence-corrected chi connectivity index (χ2v) is 5.18. The molecule has 3 nitrogen and oxygen atoms in total. The summed E-state index contributed by atoms with van der Waals surface area (Å²) in [5.74, 6) is -1.68. The molecule has 0 unspecified atom stereocenters. The van der Waals surface area contributed by atoms with Crippen molar-refractivity contribution in [2.75, 3.05) is 5.32 Å². The van der Waals surface area contributed by atoms with Crippen LogP contribution in [0.3, 0.4) is 0 Å². The Morgan fingerprint density at radius 2 is 1.81 bits per heavy atom. The molecule has 1 aromatic carbocycles. The van der Waals surface area contributed by atoms with E-state index in [1.807, 2.05) is 0 Å². The minimum Gasteiger partial charge on any atom is -0.367 e. The molecule has 1 aliphatic rings. The zero-order chi connectivity index (χ0) is 15.0. The molecule has 1 aliphatic carbocycles. The van der Waals surface area contributed by atoms with Crippen molar-refractivity contribution in [1.29, 1.82) is 0 Å². The highest BCUT2D eigenvalue weighted by atomic mass is 19.4. The van der Waals surface area contributed by atoms with Crippen molar-refractivity contribution >= 4 is 16.7 Å². The number of fused-ring (bicyclic) bond motifs is 1. The van der Waals surface area contributed by atoms with Gasteiger partial charge in [0.15, 0.2) is 0 Å². The molecular weight excluding hydrogens is 286 g/mol. The largest absolute Gasteiger partial charge is 0.451 e. The van der Waals surface area contributed by atoms with E-state index in [1.54, 1.807) is 0 Å². The predicted molar refractivity (Wildman–Crippen MR) is 70.4 cm³/mol. The van der Waals surface area contributed by atoms with Gasteiger partial charge in [-0.15, -0.1) is 0 Å². The highest BCUT2D eigenvalue weighted by Gasteiger charge is 2.35. The van der Waals surface area contributed by atoms with Gasteiger partial charge in [0.2, 0.25) is 5.82 Å². The van der Waals surface area contributed by atoms with Crippen LogP contribution >= 0.6 is 0 Å². The van der Waals surface area contributed by atoms with Gasteiger partial charge in [-0.1, -0.05) is 12.8 Å². The lowest BCUT2D eigenvalue weighted by molar-refractivity contribution is -0.144. The maximum atomic E-state index is 13.4. The molecule has 7 heteroatoms. The molecule has 0 saturated heterocycles. The van der Waals surface area contributed by atoms with Crippen molar-refractivity contribution in [1.82, 2.24) is 9.97 Å². The zero-order valence-electron chi connectivity index (χ0n) is 11.0. The molecule has 1 saturated carbocycles. The van der Waals surface area contributed by atoms with Crippen molar-refractivity contribution in [3.63, 3.8) is 0 Å². The Labute approximate surface area is 118 Å². The number of halogens is 4. The molecule has 2 aromatic rings. The summed E-state index contributed by atoms with van der Waals surface area (Å²) in [6.07, 6.45) is -0.818. The minimum atomic E-state index is -4.63. The van der Waals surface area contributed by atoms with Crippen LogP contribution < -0.4 is 5.32 Å². The number of hydrogen-bond acceptors (Lipinski definition) is 3. The third kappa shape index (κ3) is 2.91. The van der Waals surface area contributed by atoms with Gasteiger partial charge in [0.1, 0.15) is 11.6 Å². The van der Waals surface area contributed by atoms with E-state index in [1.165, 1.54) is 6.07 Å². The average Bonchev–Trinajstić information content (AvgIpc) is 2.91. The number of nitrogens with zero attached hydrogens (tertiary/aromatic N) is 2. The fourth-order valence-electron chi connectivity index (χ4n) is 2.60. The number of aromatic nitrogens is 2. The molecule has 21 heavy (non-hydrogen) atoms. The van der Waals surface area contributed by atoms with E-state index in [-0.39, 0.29) is 22.8 Å². The van der Waals surface area contributed by atoms with E-state index in [4.69, 9.17) is 0 Å². The van der Waals surface area contributed by atoms with Crippen molar-refractivity contribution in [2.45, 2.75) is 37.9 Å². The molecule has 0 atom stereocenters. The quantitative estimate of drug-likeness (QED) is 0.847. The number of benzene rings is 1. The Kier molecular flexibility index (Phi) is 3.43. The zero-order valence-corrected chi connectivity index (χ0v) is 11.0. The second-order valence-electron chi connectivity index (χ2n) is 5.18. The highest BCUT2D eigenvalue weighted by molar-refractivity contribution is 5.89. The summed E-state index contributed by atoms with van der Waals surface area (Å²) in [6.45, 7) is 0. The van der Waals surface area contributed by atoms with Gasteiger partial charge in [-0.2, -0.15) is 13.2 Å². The number of rotatable bonds is 2. The van der Waals surface area contributed by atoms with Gasteiger partial charge < -0.3 is 5.32 Å². The van der Waals surface area contributed by atoms with Crippen molar-refractivity contribution in [3.8, 4) is 0 Å². The van der Waals surface area contributed by atoms with Gasteiger partial charge in [-0.25, -0.2) is 14.4 Å². The molecule has 3 rings (SSSR count). The summed E-state index contributed by atoms with van der Waals surface area (Å²) in [5, 5.41) is 3.28. The van der Waals surface area contributed by atoms with E-state index >= 15 is 0 Å². The van der Waals surface area contributed by atoms with Crippen LogP contribution in [0.15, 0.2) is 18.2 Å². The smallest absolute Gasteiger partial charge is 0.367 e. The third-order valence-corrected chi connectivity index (χ3v) is 3.61. The SMILES string of the molecule is Fc1ccc2nc(C(F)(F)F)nc(NC3CCCC3)c2c1. The highest BCUT2D eigenvalue weighted by Crippen LogP contribution is 2.32. The number of nitrogens with one attached hydrogen (secondary N) is 1. The number of alkyl halides is 3. The summed E-state index contributed by atoms with van der Waals surface area (Å²) in [7, 11) is 0. The lowest BCUT2D eigenvalue weighted by Gasteiger charge is -2.16. The first-order valence-corrected chi connectivity index (χ1v) is 6.74. The van der Waals surface area contributed by atoms with E-state index in [9.17, 15) is 17.6 Å². The first-order valence-electron chi connectivity index (χ1n) is 6.74. The number of hydrogen-bond donors (Lipinski definition) is 1. The lowest BCUT2D eigenvalue weighted by Crippen LogP contribution is -2.19. The molecule has 112 valence electrons. The standard InChI is InChI=1S/C14H13F4N3/c15-8-5-6-11-10(7-8)12(19-9-3-1-2-4-9)21-13(20-11)14(16,17)18/h5-7,9H,1-4H2,(H,19,20,21). The summed E-state index contributed by atoms with van der Waals surface area (Å²) >= 11 is 0. The Bertz CT molecular complexity index is 663. The summed E-state index contributed by atoms with van der Waals surface area (Å²) in [5.41, 5.74) is 0.0826. The Morgan fingerprint density at radius 1 is 1.10 bits per heavy atom. The predicted octanol–water partition coefficient (Wildman–Crippen LogP) is 4.14. The summed E-state index contributed by atoms with van der Waals surface area (Å²) < 4.78 is 51.9. The van der Waals surface area contributed by atoms with Crippen LogP contribution in [-0.4, -0.2) is 16.0 Å². The normalized spacial score (nSPS) is 16.6. The van der Waals surface area contributed by atoms with Crippen LogP contribution in [0.4, 0.5) is 23.4 Å². The minimum absolute atomic E-state index is 0.0544. The van der Waals surface area contributed by atoms with Crippen LogP contribution in [-0.2, 0) is 6.18 Å². The fraction of sp³-hybridized carbons (Fsp3) is 0.429. The van der Waals surface area contributed by atoms with Gasteiger partial charge in [0.05, 0.1) is 5.52 Å². The average molecular weight is 299 g/mol. The van der Waals surface area contributed by atoms with Crippen molar-refractivity contribution in [2.24, 2.45) is 0 Å². The first-order chi connectivity index (χ1) is 9.93. The van der Waals surface area contributed by atoms with Gasteiger partial charge in [0, 0.05) is 11.4 Å². The molecule has 1 N–H and O–H groups in total. The van der Waals surface area contributed by atoms with Crippen molar-refractivity contribution in [3.05, 3.63) is 29.8 Å². The van der Waals surface area contributed by atoms with Gasteiger partial charge >= 0.3 is 6.18 Å². The monoisotopic (exact) mass is 299 g/mol. The molecule has 1 fully saturated rings. The van der Waals surface area contributed by atoms with Crippen LogP contribution in [0.5, 0.6) is 0 Å². The lowest BCUT2D eigenvalue weighted by atomic mass is 10.2. The van der Waals surface area contributed by atoms with Gasteiger partial charge in [-0.3, -0.25) is 0 Å². The molecule has 1 heterocycles. The van der Waals surface area contributed by atoms with Crippen LogP contribution in [0.2, 0.25) is 0 Å². The maximum Gasteiger partial charge on any atom is 0.451 e. The van der Waals surface area contributed by atoms with E-state index in [0.29, 0.717) is 0 Å². The molecule has 0 radical (unpaired) electrons. The Morgan fingerprint density at radius 3 is 2.48 bits per heavy atom. The number of anilines is 1. The molecular formula is C14H13F4N3. The Balaban J connectivity index is 2.10. The van der Waals surface area contributed by atoms with Crippen LogP contribution in [0, 0.1) is 5.82 Å². The topological polar surface area (TPSA) is 37.8 Å². The second kappa shape index (κ2) is 5.13. The molecule has 0 spiro atoms. The Hall–Kier alpha value is -1.92. The van der Waals surface area contributed by atoms with Crippen molar-refractivity contribution < 1.29 is 17.6 Å². The molecule has 0 amide bonds. The molecule has 1 aromatic heterocycles. The van der Waals surface area contributed by atoms with E-state index in [2.05, 4.69) is 15.3 Å². The van der Waals surface area contributed by atoms with E-state index < -0.39 is 17.8 Å². The summed E-state index contributed by atoms with van der Waals surface area (Å²) in [6, 6.07) is 3.57. The maximum absolute atomic E-state index is 13.4. The fourth-order valence-corrected chi connectivity index (χ4v) is 2.60.